The van der Waals surface area contributed by atoms with Crippen LogP contribution in [0.5, 0.6) is 11.6 Å². The molecular weight excluding hydrogens is 510 g/mol. The Balaban J connectivity index is 1.77. The van der Waals surface area contributed by atoms with Gasteiger partial charge in [-0.2, -0.15) is 23.7 Å². The Bertz CT molecular complexity index is 1690. The number of nitrogens with zero attached hydrogens (tertiary/aromatic N) is 5. The van der Waals surface area contributed by atoms with Crippen molar-refractivity contribution in [2.45, 2.75) is 19.6 Å². The molecule has 3 heterocycles. The van der Waals surface area contributed by atoms with E-state index < -0.39 is 31.8 Å². The molecule has 0 aliphatic rings. The van der Waals surface area contributed by atoms with Crippen molar-refractivity contribution in [3.63, 3.8) is 0 Å². The second-order valence-electron chi connectivity index (χ2n) is 8.22. The van der Waals surface area contributed by atoms with Crippen molar-refractivity contribution in [1.29, 1.82) is 0 Å². The summed E-state index contributed by atoms with van der Waals surface area (Å²) >= 11 is 0. The van der Waals surface area contributed by atoms with Gasteiger partial charge < -0.3 is 14.6 Å². The SMILES string of the molecule is Cn1cc2cc(-n3nc4c(CO)cc(OCC(F)F)nc4c(-c4ccc(OC(F)F)cc4)c3=O)ccc2n1. The average Bonchev–Trinajstić information content (AvgIpc) is 3.26. The van der Waals surface area contributed by atoms with Crippen LogP contribution in [0.4, 0.5) is 17.6 Å². The first-order valence-corrected chi connectivity index (χ1v) is 11.2. The fraction of sp³-hybridized carbons (Fsp3) is 0.200. The van der Waals surface area contributed by atoms with Crippen molar-refractivity contribution < 1.29 is 32.1 Å². The minimum atomic E-state index is -3.04. The van der Waals surface area contributed by atoms with Gasteiger partial charge in [-0.1, -0.05) is 12.1 Å². The first kappa shape index (κ1) is 25.1. The summed E-state index contributed by atoms with van der Waals surface area (Å²) in [6.45, 7) is -4.54. The number of fused-ring (bicyclic) bond motifs is 2. The third kappa shape index (κ3) is 4.87. The van der Waals surface area contributed by atoms with Crippen LogP contribution in [-0.2, 0) is 13.7 Å². The average molecular weight is 529 g/mol. The summed E-state index contributed by atoms with van der Waals surface area (Å²) in [5.74, 6) is -0.370. The molecule has 38 heavy (non-hydrogen) atoms. The van der Waals surface area contributed by atoms with E-state index in [0.29, 0.717) is 11.2 Å². The van der Waals surface area contributed by atoms with Crippen LogP contribution in [-0.4, -0.2) is 49.3 Å². The maximum atomic E-state index is 13.8. The normalized spacial score (nSPS) is 11.7. The minimum Gasteiger partial charge on any atom is -0.472 e. The highest BCUT2D eigenvalue weighted by Gasteiger charge is 2.21. The quantitative estimate of drug-likeness (QED) is 0.302. The van der Waals surface area contributed by atoms with Gasteiger partial charge in [0.2, 0.25) is 5.88 Å². The number of hydrogen-bond acceptors (Lipinski definition) is 7. The third-order valence-corrected chi connectivity index (χ3v) is 5.63. The molecule has 0 saturated carbocycles. The van der Waals surface area contributed by atoms with Gasteiger partial charge in [0.15, 0.2) is 6.61 Å². The number of aliphatic hydroxyl groups excluding tert-OH is 1. The molecule has 0 aliphatic carbocycles. The third-order valence-electron chi connectivity index (χ3n) is 5.63. The highest BCUT2D eigenvalue weighted by molar-refractivity contribution is 5.93. The van der Waals surface area contributed by atoms with Crippen LogP contribution in [0.1, 0.15) is 5.56 Å². The number of halogens is 4. The van der Waals surface area contributed by atoms with Crippen molar-refractivity contribution in [3.8, 4) is 28.4 Å². The van der Waals surface area contributed by atoms with Gasteiger partial charge in [0.05, 0.1) is 23.4 Å². The van der Waals surface area contributed by atoms with Crippen LogP contribution < -0.4 is 15.0 Å². The van der Waals surface area contributed by atoms with Crippen molar-refractivity contribution in [2.75, 3.05) is 6.61 Å². The summed E-state index contributed by atoms with van der Waals surface area (Å²) in [5, 5.41) is 19.5. The lowest BCUT2D eigenvalue weighted by Crippen LogP contribution is -2.24. The largest absolute Gasteiger partial charge is 0.472 e. The lowest BCUT2D eigenvalue weighted by Gasteiger charge is -2.15. The van der Waals surface area contributed by atoms with E-state index in [1.165, 1.54) is 30.3 Å². The van der Waals surface area contributed by atoms with Gasteiger partial charge in [-0.3, -0.25) is 9.48 Å². The van der Waals surface area contributed by atoms with Crippen LogP contribution in [0.15, 0.2) is 59.5 Å². The zero-order valence-corrected chi connectivity index (χ0v) is 19.7. The number of hydrogen-bond donors (Lipinski definition) is 1. The van der Waals surface area contributed by atoms with E-state index >= 15 is 0 Å². The van der Waals surface area contributed by atoms with Crippen molar-refractivity contribution in [1.82, 2.24) is 24.5 Å². The van der Waals surface area contributed by atoms with Crippen LogP contribution >= 0.6 is 0 Å². The number of ether oxygens (including phenoxy) is 2. The molecule has 0 amide bonds. The predicted molar refractivity (Wildman–Crippen MR) is 129 cm³/mol. The molecule has 0 atom stereocenters. The summed E-state index contributed by atoms with van der Waals surface area (Å²) in [4.78, 5) is 18.1. The Morgan fingerprint density at radius 1 is 1.00 bits per heavy atom. The molecule has 3 aromatic heterocycles. The lowest BCUT2D eigenvalue weighted by molar-refractivity contribution is -0.0498. The van der Waals surface area contributed by atoms with E-state index in [1.54, 1.807) is 36.1 Å². The minimum absolute atomic E-state index is 0.0120. The fourth-order valence-corrected chi connectivity index (χ4v) is 4.05. The monoisotopic (exact) mass is 529 g/mol. The van der Waals surface area contributed by atoms with Gasteiger partial charge in [0.1, 0.15) is 16.8 Å². The van der Waals surface area contributed by atoms with E-state index in [-0.39, 0.29) is 39.4 Å². The molecule has 0 fully saturated rings. The van der Waals surface area contributed by atoms with Crippen LogP contribution in [0.3, 0.4) is 0 Å². The molecule has 5 rings (SSSR count). The van der Waals surface area contributed by atoms with E-state index in [1.807, 2.05) is 0 Å². The molecule has 0 unspecified atom stereocenters. The number of pyridine rings is 1. The van der Waals surface area contributed by atoms with Gasteiger partial charge in [-0.25, -0.2) is 13.8 Å². The molecule has 0 saturated heterocycles. The smallest absolute Gasteiger partial charge is 0.387 e. The molecule has 0 aliphatic heterocycles. The zero-order valence-electron chi connectivity index (χ0n) is 19.7. The number of alkyl halides is 4. The van der Waals surface area contributed by atoms with E-state index in [0.717, 1.165) is 10.1 Å². The number of aryl methyl sites for hydroxylation is 1. The molecule has 0 radical (unpaired) electrons. The summed E-state index contributed by atoms with van der Waals surface area (Å²) in [5.41, 5.74) is 0.971. The first-order valence-electron chi connectivity index (χ1n) is 11.2. The second-order valence-corrected chi connectivity index (χ2v) is 8.22. The maximum Gasteiger partial charge on any atom is 0.387 e. The zero-order chi connectivity index (χ0) is 27.0. The molecule has 9 nitrogen and oxygen atoms in total. The van der Waals surface area contributed by atoms with Gasteiger partial charge >= 0.3 is 6.61 Å². The number of aromatic nitrogens is 5. The topological polar surface area (TPSA) is 104 Å². The molecule has 2 aromatic carbocycles. The Hall–Kier alpha value is -4.52. The Kier molecular flexibility index (Phi) is 6.68. The Labute approximate surface area is 211 Å². The summed E-state index contributed by atoms with van der Waals surface area (Å²) in [6.07, 6.45) is -1.01. The van der Waals surface area contributed by atoms with Crippen molar-refractivity contribution in [3.05, 3.63) is 70.6 Å². The van der Waals surface area contributed by atoms with E-state index in [2.05, 4.69) is 19.9 Å². The van der Waals surface area contributed by atoms with Crippen molar-refractivity contribution in [2.24, 2.45) is 7.05 Å². The number of rotatable bonds is 8. The molecule has 13 heteroatoms. The van der Waals surface area contributed by atoms with Crippen LogP contribution in [0, 0.1) is 0 Å². The Morgan fingerprint density at radius 2 is 1.76 bits per heavy atom. The molecule has 5 aromatic rings. The van der Waals surface area contributed by atoms with Crippen LogP contribution in [0.2, 0.25) is 0 Å². The molecule has 0 bridgehead atoms. The predicted octanol–water partition coefficient (Wildman–Crippen LogP) is 4.07. The number of aliphatic hydroxyl groups is 1. The van der Waals surface area contributed by atoms with Gasteiger partial charge in [0, 0.05) is 30.3 Å². The van der Waals surface area contributed by atoms with E-state index in [4.69, 9.17) is 4.74 Å². The lowest BCUT2D eigenvalue weighted by atomic mass is 10.0. The summed E-state index contributed by atoms with van der Waals surface area (Å²) in [6, 6.07) is 11.6. The standard InChI is InChI=1S/C25H19F4N5O4/c1-33-10-14-8-16(4-7-18(14)31-33)34-24(36)21(13-2-5-17(6-3-13)38-25(28)29)23-22(32-34)15(11-35)9-20(30-23)37-12-19(26)27/h2-10,19,25,35H,11-12H2,1H3. The van der Waals surface area contributed by atoms with Gasteiger partial charge in [0.25, 0.3) is 12.0 Å². The molecule has 196 valence electrons. The maximum absolute atomic E-state index is 13.8. The van der Waals surface area contributed by atoms with Crippen molar-refractivity contribution >= 4 is 21.9 Å². The molecular formula is C25H19F4N5O4. The molecule has 1 N–H and O–H groups in total. The van der Waals surface area contributed by atoms with Gasteiger partial charge in [-0.15, -0.1) is 0 Å². The molecule has 0 spiro atoms. The second kappa shape index (κ2) is 10.1. The first-order chi connectivity index (χ1) is 18.2. The van der Waals surface area contributed by atoms with Gasteiger partial charge in [-0.05, 0) is 35.9 Å². The van der Waals surface area contributed by atoms with E-state index in [9.17, 15) is 27.5 Å². The highest BCUT2D eigenvalue weighted by Crippen LogP contribution is 2.30. The highest BCUT2D eigenvalue weighted by atomic mass is 19.3. The summed E-state index contributed by atoms with van der Waals surface area (Å²) < 4.78 is 63.0. The van der Waals surface area contributed by atoms with Crippen LogP contribution in [0.25, 0.3) is 38.8 Å². The fourth-order valence-electron chi connectivity index (χ4n) is 4.05. The summed E-state index contributed by atoms with van der Waals surface area (Å²) in [7, 11) is 1.76. The Morgan fingerprint density at radius 3 is 2.45 bits per heavy atom. The number of benzene rings is 2.